The van der Waals surface area contributed by atoms with Gasteiger partial charge in [0.05, 0.1) is 0 Å². The fourth-order valence-corrected chi connectivity index (χ4v) is 1.78. The Kier molecular flexibility index (Phi) is 1.39. The van der Waals surface area contributed by atoms with Crippen LogP contribution in [0.4, 0.5) is 0 Å². The summed E-state index contributed by atoms with van der Waals surface area (Å²) in [6, 6.07) is 5.59. The van der Waals surface area contributed by atoms with Crippen LogP contribution < -0.4 is 10.4 Å². The highest BCUT2D eigenvalue weighted by atomic mass is 16.3. The SMILES string of the molecule is Oc1cccc2/c1=C1/CC1=NC=CC=2. The van der Waals surface area contributed by atoms with Crippen molar-refractivity contribution in [1.82, 2.24) is 0 Å². The molecule has 2 aliphatic rings. The third-order valence-corrected chi connectivity index (χ3v) is 2.54. The molecule has 0 aromatic heterocycles. The Morgan fingerprint density at radius 1 is 1.29 bits per heavy atom. The number of hydrogen-bond acceptors (Lipinski definition) is 2. The van der Waals surface area contributed by atoms with Crippen LogP contribution in [0.5, 0.6) is 5.75 Å². The van der Waals surface area contributed by atoms with Crippen LogP contribution in [0.3, 0.4) is 0 Å². The van der Waals surface area contributed by atoms with Gasteiger partial charge >= 0.3 is 0 Å². The first kappa shape index (κ1) is 7.56. The molecule has 68 valence electrons. The molecule has 14 heavy (non-hydrogen) atoms. The summed E-state index contributed by atoms with van der Waals surface area (Å²) in [7, 11) is 0. The number of aliphatic imine (C=N–C) groups is 1. The van der Waals surface area contributed by atoms with Gasteiger partial charge in [-0.25, -0.2) is 0 Å². The number of rotatable bonds is 0. The lowest BCUT2D eigenvalue weighted by molar-refractivity contribution is 0.470. The van der Waals surface area contributed by atoms with Crippen molar-refractivity contribution in [1.29, 1.82) is 0 Å². The molecule has 1 N–H and O–H groups in total. The van der Waals surface area contributed by atoms with Gasteiger partial charge < -0.3 is 5.11 Å². The van der Waals surface area contributed by atoms with Crippen LogP contribution in [0, 0.1) is 0 Å². The maximum absolute atomic E-state index is 9.75. The van der Waals surface area contributed by atoms with E-state index in [0.717, 1.165) is 22.6 Å². The molecular formula is C12H9NO. The second-order valence-electron chi connectivity index (χ2n) is 3.48. The highest BCUT2D eigenvalue weighted by molar-refractivity contribution is 6.38. The number of phenolic OH excluding ortho intramolecular Hbond substituents is 1. The summed E-state index contributed by atoms with van der Waals surface area (Å²) in [6.07, 6.45) is 6.58. The Labute approximate surface area is 81.2 Å². The van der Waals surface area contributed by atoms with Gasteiger partial charge in [0.2, 0.25) is 0 Å². The van der Waals surface area contributed by atoms with Gasteiger partial charge in [-0.2, -0.15) is 0 Å². The summed E-state index contributed by atoms with van der Waals surface area (Å²) in [5.74, 6) is 0.356. The second kappa shape index (κ2) is 2.58. The van der Waals surface area contributed by atoms with Crippen molar-refractivity contribution in [3.8, 4) is 5.75 Å². The van der Waals surface area contributed by atoms with Crippen LogP contribution in [0.25, 0.3) is 11.6 Å². The summed E-state index contributed by atoms with van der Waals surface area (Å²) >= 11 is 0. The van der Waals surface area contributed by atoms with Gasteiger partial charge in [-0.05, 0) is 22.9 Å². The molecule has 1 aromatic rings. The Morgan fingerprint density at radius 2 is 2.21 bits per heavy atom. The van der Waals surface area contributed by atoms with E-state index in [9.17, 15) is 5.11 Å². The minimum absolute atomic E-state index is 0.356. The smallest absolute Gasteiger partial charge is 0.123 e. The number of phenols is 1. The summed E-state index contributed by atoms with van der Waals surface area (Å²) in [5, 5.41) is 11.8. The van der Waals surface area contributed by atoms with Crippen LogP contribution in [0.2, 0.25) is 0 Å². The number of hydrogen-bond donors (Lipinski definition) is 1. The Bertz CT molecular complexity index is 579. The largest absolute Gasteiger partial charge is 0.507 e. The molecule has 1 heterocycles. The fourth-order valence-electron chi connectivity index (χ4n) is 1.78. The fraction of sp³-hybridized carbons (Fsp3) is 0.0833. The molecular weight excluding hydrogens is 174 g/mol. The number of fused-ring (bicyclic) bond motifs is 2. The predicted octanol–water partition coefficient (Wildman–Crippen LogP) is 0.695. The second-order valence-corrected chi connectivity index (χ2v) is 3.48. The normalized spacial score (nSPS) is 21.0. The van der Waals surface area contributed by atoms with Gasteiger partial charge in [-0.3, -0.25) is 4.99 Å². The number of benzene rings is 1. The van der Waals surface area contributed by atoms with Gasteiger partial charge in [0.15, 0.2) is 0 Å². The lowest BCUT2D eigenvalue weighted by Gasteiger charge is -1.94. The van der Waals surface area contributed by atoms with Crippen molar-refractivity contribution in [2.45, 2.75) is 6.42 Å². The summed E-state index contributed by atoms with van der Waals surface area (Å²) in [6.45, 7) is 0. The van der Waals surface area contributed by atoms with Crippen molar-refractivity contribution in [2.75, 3.05) is 0 Å². The monoisotopic (exact) mass is 183 g/mol. The van der Waals surface area contributed by atoms with E-state index in [1.165, 1.54) is 5.57 Å². The van der Waals surface area contributed by atoms with E-state index >= 15 is 0 Å². The van der Waals surface area contributed by atoms with E-state index < -0.39 is 0 Å². The van der Waals surface area contributed by atoms with Crippen LogP contribution in [0.1, 0.15) is 6.42 Å². The zero-order valence-corrected chi connectivity index (χ0v) is 7.57. The van der Waals surface area contributed by atoms with E-state index in [1.807, 2.05) is 24.3 Å². The minimum Gasteiger partial charge on any atom is -0.507 e. The first-order valence-electron chi connectivity index (χ1n) is 4.61. The molecule has 0 unspecified atom stereocenters. The maximum Gasteiger partial charge on any atom is 0.123 e. The van der Waals surface area contributed by atoms with E-state index in [2.05, 4.69) is 4.99 Å². The summed E-state index contributed by atoms with van der Waals surface area (Å²) in [5.41, 5.74) is 2.27. The van der Waals surface area contributed by atoms with E-state index in [4.69, 9.17) is 0 Å². The molecule has 3 rings (SSSR count). The van der Waals surface area contributed by atoms with E-state index in [1.54, 1.807) is 12.3 Å². The maximum atomic E-state index is 9.75. The Morgan fingerprint density at radius 3 is 3.14 bits per heavy atom. The Balaban J connectivity index is 2.54. The molecule has 0 spiro atoms. The molecule has 1 aromatic carbocycles. The van der Waals surface area contributed by atoms with Crippen molar-refractivity contribution in [3.05, 3.63) is 40.9 Å². The standard InChI is InChI=1S/C12H9NO/c14-11-5-1-3-8-4-2-6-13-10-7-9(10)12(8)11/h1-6,14H,7H2/b4-2?,6-2?,8-4?,12-9+,13-6?,13-10?. The first-order chi connectivity index (χ1) is 6.86. The van der Waals surface area contributed by atoms with Crippen LogP contribution in [-0.2, 0) is 0 Å². The quantitative estimate of drug-likeness (QED) is 0.630. The molecule has 1 aliphatic heterocycles. The van der Waals surface area contributed by atoms with E-state index in [0.29, 0.717) is 5.75 Å². The zero-order chi connectivity index (χ0) is 9.54. The van der Waals surface area contributed by atoms with Crippen LogP contribution in [-0.4, -0.2) is 10.8 Å². The van der Waals surface area contributed by atoms with Gasteiger partial charge in [-0.15, -0.1) is 0 Å². The molecule has 0 radical (unpaired) electrons. The average molecular weight is 183 g/mol. The van der Waals surface area contributed by atoms with Crippen LogP contribution in [0.15, 0.2) is 35.5 Å². The summed E-state index contributed by atoms with van der Waals surface area (Å²) in [4.78, 5) is 4.25. The van der Waals surface area contributed by atoms with Gasteiger partial charge in [0.25, 0.3) is 0 Å². The lowest BCUT2D eigenvalue weighted by atomic mass is 10.2. The molecule has 1 saturated carbocycles. The third kappa shape index (κ3) is 1.01. The zero-order valence-electron chi connectivity index (χ0n) is 7.57. The van der Waals surface area contributed by atoms with Gasteiger partial charge in [0.1, 0.15) is 5.75 Å². The number of allylic oxidation sites excluding steroid dienone is 1. The highest BCUT2D eigenvalue weighted by Crippen LogP contribution is 2.26. The number of aromatic hydroxyl groups is 1. The summed E-state index contributed by atoms with van der Waals surface area (Å²) < 4.78 is 0. The molecule has 2 nitrogen and oxygen atoms in total. The number of nitrogens with zero attached hydrogens (tertiary/aromatic N) is 1. The topological polar surface area (TPSA) is 32.6 Å². The lowest BCUT2D eigenvalue weighted by Crippen LogP contribution is -2.24. The van der Waals surface area contributed by atoms with Gasteiger partial charge in [0, 0.05) is 23.6 Å². The Hall–Kier alpha value is -1.83. The minimum atomic E-state index is 0.356. The molecule has 2 heteroatoms. The van der Waals surface area contributed by atoms with Gasteiger partial charge in [-0.1, -0.05) is 18.2 Å². The molecule has 0 saturated heterocycles. The van der Waals surface area contributed by atoms with Crippen molar-refractivity contribution in [3.63, 3.8) is 0 Å². The predicted molar refractivity (Wildman–Crippen MR) is 56.4 cm³/mol. The van der Waals surface area contributed by atoms with E-state index in [-0.39, 0.29) is 0 Å². The highest BCUT2D eigenvalue weighted by Gasteiger charge is 2.25. The molecule has 0 atom stereocenters. The molecule has 1 fully saturated rings. The third-order valence-electron chi connectivity index (χ3n) is 2.54. The van der Waals surface area contributed by atoms with Crippen molar-refractivity contribution < 1.29 is 5.11 Å². The van der Waals surface area contributed by atoms with Crippen molar-refractivity contribution in [2.24, 2.45) is 4.99 Å². The molecule has 1 aliphatic carbocycles. The van der Waals surface area contributed by atoms with Crippen molar-refractivity contribution >= 4 is 17.4 Å². The van der Waals surface area contributed by atoms with Crippen LogP contribution >= 0.6 is 0 Å². The molecule has 0 amide bonds. The molecule has 0 bridgehead atoms. The first-order valence-corrected chi connectivity index (χ1v) is 4.61. The average Bonchev–Trinajstić information content (AvgIpc) is 2.87.